The molecule has 0 aliphatic carbocycles. The minimum atomic E-state index is -4.20. The molecule has 0 aliphatic rings. The molecular weight excluding hydrogens is 313 g/mol. The number of aromatic nitrogens is 2. The van der Waals surface area contributed by atoms with Crippen molar-refractivity contribution in [1.29, 1.82) is 0 Å². The fourth-order valence-electron chi connectivity index (χ4n) is 0.679. The maximum Gasteiger partial charge on any atom is 0.402 e. The van der Waals surface area contributed by atoms with Crippen LogP contribution in [0.5, 0.6) is 0 Å². The summed E-state index contributed by atoms with van der Waals surface area (Å²) >= 11 is 4.80. The molecule has 0 radical (unpaired) electrons. The van der Waals surface area contributed by atoms with Crippen LogP contribution in [-0.4, -0.2) is 26.1 Å². The molecule has 0 amide bonds. The van der Waals surface area contributed by atoms with Crippen LogP contribution in [0.2, 0.25) is 0 Å². The van der Waals surface area contributed by atoms with Gasteiger partial charge in [-0.1, -0.05) is 34.6 Å². The first-order valence-electron chi connectivity index (χ1n) is 4.09. The summed E-state index contributed by atoms with van der Waals surface area (Å²) < 4.78 is 41.0. The number of nitrogens with zero attached hydrogens (tertiary/aromatic N) is 2. The fourth-order valence-corrected chi connectivity index (χ4v) is 2.75. The molecule has 0 N–H and O–H groups in total. The molecule has 0 aliphatic heterocycles. The molecule has 0 saturated carbocycles. The topological polar surface area (TPSA) is 25.8 Å². The van der Waals surface area contributed by atoms with Crippen LogP contribution in [0.4, 0.5) is 13.2 Å². The average Bonchev–Trinajstić information content (AvgIpc) is 2.60. The third kappa shape index (κ3) is 4.28. The van der Waals surface area contributed by atoms with Crippen molar-refractivity contribution in [1.82, 2.24) is 9.36 Å². The molecule has 1 atom stereocenters. The lowest BCUT2D eigenvalue weighted by atomic mass is 10.5. The summed E-state index contributed by atoms with van der Waals surface area (Å²) in [5.41, 5.74) is 0. The summed E-state index contributed by atoms with van der Waals surface area (Å²) in [5, 5.41) is 0. The first-order valence-corrected chi connectivity index (χ1v) is 6.77. The van der Waals surface area contributed by atoms with Gasteiger partial charge < -0.3 is 0 Å². The van der Waals surface area contributed by atoms with Gasteiger partial charge in [0.1, 0.15) is 10.7 Å². The number of thioether (sulfide) groups is 1. The zero-order valence-electron chi connectivity index (χ0n) is 7.71. The van der Waals surface area contributed by atoms with Crippen molar-refractivity contribution >= 4 is 39.2 Å². The quantitative estimate of drug-likeness (QED) is 0.627. The minimum Gasteiger partial charge on any atom is -0.213 e. The zero-order valence-corrected chi connectivity index (χ0v) is 10.9. The lowest BCUT2D eigenvalue weighted by molar-refractivity contribution is -0.122. The molecule has 0 fully saturated rings. The third-order valence-corrected chi connectivity index (χ3v) is 4.71. The molecule has 15 heavy (non-hydrogen) atoms. The summed E-state index contributed by atoms with van der Waals surface area (Å²) in [6.07, 6.45) is -3.50. The Balaban J connectivity index is 2.43. The van der Waals surface area contributed by atoms with E-state index in [0.717, 1.165) is 23.3 Å². The summed E-state index contributed by atoms with van der Waals surface area (Å²) in [4.78, 5) is 2.57. The second kappa shape index (κ2) is 5.49. The molecule has 1 rings (SSSR count). The van der Waals surface area contributed by atoms with E-state index in [4.69, 9.17) is 0 Å². The molecule has 0 saturated heterocycles. The van der Waals surface area contributed by atoms with Gasteiger partial charge in [-0.2, -0.15) is 17.5 Å². The number of halogens is 4. The van der Waals surface area contributed by atoms with Crippen LogP contribution < -0.4 is 0 Å². The molecule has 86 valence electrons. The average molecular weight is 321 g/mol. The second-order valence-electron chi connectivity index (χ2n) is 2.65. The normalized spacial score (nSPS) is 14.2. The number of rotatable bonds is 4. The molecule has 1 unspecified atom stereocenters. The first-order chi connectivity index (χ1) is 6.93. The molecule has 1 aromatic rings. The van der Waals surface area contributed by atoms with E-state index in [2.05, 4.69) is 25.3 Å². The van der Waals surface area contributed by atoms with Crippen LogP contribution in [0.15, 0.2) is 4.34 Å². The standard InChI is InChI=1S/C7H8BrF3N2S2/c1-2-5-12-6(15-13-5)14-3-4(8)7(9,10)11/h4H,2-3H2,1H3. The van der Waals surface area contributed by atoms with Gasteiger partial charge in [-0.25, -0.2) is 4.98 Å². The lowest BCUT2D eigenvalue weighted by Gasteiger charge is -2.11. The van der Waals surface area contributed by atoms with E-state index in [1.165, 1.54) is 0 Å². The van der Waals surface area contributed by atoms with E-state index in [9.17, 15) is 13.2 Å². The largest absolute Gasteiger partial charge is 0.402 e. The van der Waals surface area contributed by atoms with Crippen LogP contribution in [0.1, 0.15) is 12.7 Å². The van der Waals surface area contributed by atoms with E-state index in [1.54, 1.807) is 0 Å². The maximum absolute atomic E-state index is 12.1. The first kappa shape index (κ1) is 13.2. The van der Waals surface area contributed by atoms with E-state index < -0.39 is 11.0 Å². The van der Waals surface area contributed by atoms with Crippen molar-refractivity contribution in [2.45, 2.75) is 28.7 Å². The van der Waals surface area contributed by atoms with E-state index in [-0.39, 0.29) is 5.75 Å². The Morgan fingerprint density at radius 1 is 1.53 bits per heavy atom. The highest BCUT2D eigenvalue weighted by molar-refractivity contribution is 9.09. The zero-order chi connectivity index (χ0) is 11.5. The van der Waals surface area contributed by atoms with E-state index >= 15 is 0 Å². The third-order valence-electron chi connectivity index (χ3n) is 1.47. The molecule has 2 nitrogen and oxygen atoms in total. The second-order valence-corrected chi connectivity index (χ2v) is 5.77. The lowest BCUT2D eigenvalue weighted by Crippen LogP contribution is -2.24. The Morgan fingerprint density at radius 3 is 2.67 bits per heavy atom. The van der Waals surface area contributed by atoms with Crippen LogP contribution in [0, 0.1) is 0 Å². The highest BCUT2D eigenvalue weighted by Gasteiger charge is 2.37. The highest BCUT2D eigenvalue weighted by atomic mass is 79.9. The van der Waals surface area contributed by atoms with Crippen LogP contribution in [0.3, 0.4) is 0 Å². The Morgan fingerprint density at radius 2 is 2.20 bits per heavy atom. The Hall–Kier alpha value is 0.180. The summed E-state index contributed by atoms with van der Waals surface area (Å²) in [6, 6.07) is 0. The molecule has 1 aromatic heterocycles. The molecule has 0 aromatic carbocycles. The molecule has 1 heterocycles. The summed E-state index contributed by atoms with van der Waals surface area (Å²) in [6.45, 7) is 1.90. The maximum atomic E-state index is 12.1. The monoisotopic (exact) mass is 320 g/mol. The van der Waals surface area contributed by atoms with Gasteiger partial charge in [0.05, 0.1) is 0 Å². The Bertz CT molecular complexity index is 315. The van der Waals surface area contributed by atoms with E-state index in [1.807, 2.05) is 6.92 Å². The molecular formula is C7H8BrF3N2S2. The van der Waals surface area contributed by atoms with Crippen LogP contribution in [-0.2, 0) is 6.42 Å². The molecule has 0 bridgehead atoms. The number of hydrogen-bond donors (Lipinski definition) is 0. The SMILES string of the molecule is CCc1nsc(SCC(Br)C(F)(F)F)n1. The van der Waals surface area contributed by atoms with Gasteiger partial charge >= 0.3 is 6.18 Å². The van der Waals surface area contributed by atoms with Gasteiger partial charge in [-0.15, -0.1) is 0 Å². The van der Waals surface area contributed by atoms with Gasteiger partial charge in [0.15, 0.2) is 4.34 Å². The predicted molar refractivity (Wildman–Crippen MR) is 58.8 cm³/mol. The van der Waals surface area contributed by atoms with Crippen molar-refractivity contribution < 1.29 is 13.2 Å². The molecule has 8 heteroatoms. The smallest absolute Gasteiger partial charge is 0.213 e. The van der Waals surface area contributed by atoms with Crippen molar-refractivity contribution in [3.05, 3.63) is 5.82 Å². The number of aryl methyl sites for hydroxylation is 1. The van der Waals surface area contributed by atoms with Gasteiger partial charge in [0.2, 0.25) is 0 Å². The van der Waals surface area contributed by atoms with Crippen LogP contribution >= 0.6 is 39.2 Å². The van der Waals surface area contributed by atoms with Gasteiger partial charge in [-0.3, -0.25) is 0 Å². The van der Waals surface area contributed by atoms with Gasteiger partial charge in [0.25, 0.3) is 0 Å². The molecule has 0 spiro atoms. The van der Waals surface area contributed by atoms with Gasteiger partial charge in [0, 0.05) is 12.2 Å². The number of alkyl halides is 4. The Labute approximate surface area is 102 Å². The van der Waals surface area contributed by atoms with Crippen molar-refractivity contribution in [3.8, 4) is 0 Å². The highest BCUT2D eigenvalue weighted by Crippen LogP contribution is 2.32. The minimum absolute atomic E-state index is 0.0815. The van der Waals surface area contributed by atoms with E-state index in [0.29, 0.717) is 16.6 Å². The number of hydrogen-bond acceptors (Lipinski definition) is 4. The summed E-state index contributed by atoms with van der Waals surface area (Å²) in [5.74, 6) is 0.600. The summed E-state index contributed by atoms with van der Waals surface area (Å²) in [7, 11) is 0. The van der Waals surface area contributed by atoms with Crippen molar-refractivity contribution in [2.75, 3.05) is 5.75 Å². The van der Waals surface area contributed by atoms with Gasteiger partial charge in [-0.05, 0) is 11.5 Å². The van der Waals surface area contributed by atoms with Crippen molar-refractivity contribution in [2.24, 2.45) is 0 Å². The van der Waals surface area contributed by atoms with Crippen LogP contribution in [0.25, 0.3) is 0 Å². The predicted octanol–water partition coefficient (Wildman–Crippen LogP) is 3.52. The van der Waals surface area contributed by atoms with Crippen molar-refractivity contribution in [3.63, 3.8) is 0 Å². The fraction of sp³-hybridized carbons (Fsp3) is 0.714. The Kier molecular flexibility index (Phi) is 4.85.